The van der Waals surface area contributed by atoms with Crippen LogP contribution in [0.15, 0.2) is 66.7 Å². The number of halogens is 1. The average Bonchev–Trinajstić information content (AvgIpc) is 3.57. The van der Waals surface area contributed by atoms with Crippen LogP contribution in [-0.2, 0) is 16.1 Å². The highest BCUT2D eigenvalue weighted by Gasteiger charge is 2.28. The zero-order chi connectivity index (χ0) is 25.6. The summed E-state index contributed by atoms with van der Waals surface area (Å²) in [7, 11) is 0. The van der Waals surface area contributed by atoms with Gasteiger partial charge in [-0.2, -0.15) is 0 Å². The third-order valence-corrected chi connectivity index (χ3v) is 6.44. The van der Waals surface area contributed by atoms with Crippen LogP contribution in [0.4, 0.5) is 10.1 Å². The number of benzene rings is 3. The third kappa shape index (κ3) is 6.78. The van der Waals surface area contributed by atoms with Crippen LogP contribution in [0.5, 0.6) is 17.2 Å². The molecule has 0 unspecified atom stereocenters. The molecule has 0 radical (unpaired) electrons. The molecule has 7 nitrogen and oxygen atoms in total. The molecule has 0 aliphatic carbocycles. The highest BCUT2D eigenvalue weighted by atomic mass is 19.1. The van der Waals surface area contributed by atoms with Gasteiger partial charge < -0.3 is 24.3 Å². The molecule has 2 aliphatic rings. The van der Waals surface area contributed by atoms with Crippen LogP contribution < -0.4 is 19.5 Å². The molecule has 3 aromatic carbocycles. The van der Waals surface area contributed by atoms with Crippen LogP contribution in [0.3, 0.4) is 0 Å². The first-order valence-electron chi connectivity index (χ1n) is 12.5. The van der Waals surface area contributed by atoms with Gasteiger partial charge in [0.15, 0.2) is 17.6 Å². The number of aryl methyl sites for hydroxylation is 1. The molecule has 2 atom stereocenters. The van der Waals surface area contributed by atoms with Gasteiger partial charge in [0.2, 0.25) is 6.79 Å². The zero-order valence-electron chi connectivity index (χ0n) is 20.8. The van der Waals surface area contributed by atoms with E-state index in [-0.39, 0.29) is 25.3 Å². The molecule has 3 aromatic rings. The normalized spacial score (nSPS) is 17.1. The second-order valence-electron chi connectivity index (χ2n) is 9.44. The lowest BCUT2D eigenvalue weighted by Gasteiger charge is -2.29. The van der Waals surface area contributed by atoms with Gasteiger partial charge in [-0.05, 0) is 61.7 Å². The highest BCUT2D eigenvalue weighted by molar-refractivity contribution is 5.94. The van der Waals surface area contributed by atoms with Crippen LogP contribution in [0, 0.1) is 12.7 Å². The first kappa shape index (κ1) is 25.0. The molecule has 2 aliphatic heterocycles. The quantitative estimate of drug-likeness (QED) is 0.421. The van der Waals surface area contributed by atoms with Crippen molar-refractivity contribution in [3.8, 4) is 17.2 Å². The van der Waals surface area contributed by atoms with Crippen molar-refractivity contribution >= 4 is 11.6 Å². The smallest absolute Gasteiger partial charge is 0.266 e. The molecular weight excluding hydrogens is 475 g/mol. The first-order valence-corrected chi connectivity index (χ1v) is 12.5. The average molecular weight is 507 g/mol. The Morgan fingerprint density at radius 1 is 1.11 bits per heavy atom. The van der Waals surface area contributed by atoms with Crippen LogP contribution in [0.1, 0.15) is 24.0 Å². The van der Waals surface area contributed by atoms with Crippen molar-refractivity contribution in [3.63, 3.8) is 0 Å². The number of carbonyl (C=O) groups excluding carboxylic acids is 1. The Bertz CT molecular complexity index is 1210. The van der Waals surface area contributed by atoms with Crippen molar-refractivity contribution in [2.45, 2.75) is 38.5 Å². The summed E-state index contributed by atoms with van der Waals surface area (Å²) in [5.74, 6) is 0.991. The molecule has 194 valence electrons. The van der Waals surface area contributed by atoms with Crippen LogP contribution in [0.25, 0.3) is 0 Å². The van der Waals surface area contributed by atoms with Gasteiger partial charge >= 0.3 is 0 Å². The van der Waals surface area contributed by atoms with E-state index in [4.69, 9.17) is 18.9 Å². The van der Waals surface area contributed by atoms with Crippen molar-refractivity contribution in [2.24, 2.45) is 0 Å². The summed E-state index contributed by atoms with van der Waals surface area (Å²) in [6.07, 6.45) is 1.16. The topological polar surface area (TPSA) is 69.3 Å². The van der Waals surface area contributed by atoms with E-state index in [0.29, 0.717) is 30.3 Å². The Morgan fingerprint density at radius 2 is 1.95 bits per heavy atom. The number of rotatable bonds is 10. The number of nitrogens with one attached hydrogen (secondary N) is 1. The predicted octanol–water partition coefficient (Wildman–Crippen LogP) is 4.93. The molecule has 5 rings (SSSR count). The fourth-order valence-corrected chi connectivity index (χ4v) is 4.55. The Hall–Kier alpha value is -3.62. The standard InChI is InChI=1S/C29H31FN2O5/c1-20-7-10-23(11-8-20)31-29(33)28(37-24-5-2-4-22(30)15-24)18-32(17-25-6-3-13-34-25)16-21-9-12-26-27(14-21)36-19-35-26/h2,4-5,7-12,14-15,25,28H,3,6,13,16-19H2,1H3,(H,31,33)/t25-,28-/m1/s1. The number of carbonyl (C=O) groups is 1. The molecule has 0 saturated carbocycles. The van der Waals surface area contributed by atoms with Gasteiger partial charge in [-0.3, -0.25) is 9.69 Å². The minimum absolute atomic E-state index is 0.0731. The summed E-state index contributed by atoms with van der Waals surface area (Å²) in [6.45, 7) is 4.40. The highest BCUT2D eigenvalue weighted by Crippen LogP contribution is 2.33. The lowest BCUT2D eigenvalue weighted by atomic mass is 10.1. The second-order valence-corrected chi connectivity index (χ2v) is 9.44. The first-order chi connectivity index (χ1) is 18.0. The minimum atomic E-state index is -0.890. The largest absolute Gasteiger partial charge is 0.479 e. The molecule has 1 fully saturated rings. The lowest BCUT2D eigenvalue weighted by molar-refractivity contribution is -0.123. The fourth-order valence-electron chi connectivity index (χ4n) is 4.55. The van der Waals surface area contributed by atoms with E-state index >= 15 is 0 Å². The van der Waals surface area contributed by atoms with E-state index in [9.17, 15) is 9.18 Å². The summed E-state index contributed by atoms with van der Waals surface area (Å²) in [4.78, 5) is 15.6. The maximum absolute atomic E-state index is 13.9. The predicted molar refractivity (Wildman–Crippen MR) is 137 cm³/mol. The van der Waals surface area contributed by atoms with Gasteiger partial charge in [-0.15, -0.1) is 0 Å². The lowest BCUT2D eigenvalue weighted by Crippen LogP contribution is -2.45. The second kappa shape index (κ2) is 11.6. The van der Waals surface area contributed by atoms with Gasteiger partial charge in [0.05, 0.1) is 6.10 Å². The summed E-state index contributed by atoms with van der Waals surface area (Å²) in [6, 6.07) is 19.3. The Labute approximate surface area is 216 Å². The van der Waals surface area contributed by atoms with Gasteiger partial charge in [0.25, 0.3) is 5.91 Å². The molecule has 0 bridgehead atoms. The Morgan fingerprint density at radius 3 is 2.73 bits per heavy atom. The van der Waals surface area contributed by atoms with Crippen molar-refractivity contribution in [1.82, 2.24) is 4.90 Å². The van der Waals surface area contributed by atoms with Crippen LogP contribution in [-0.4, -0.2) is 49.5 Å². The van der Waals surface area contributed by atoms with Crippen molar-refractivity contribution in [1.29, 1.82) is 0 Å². The van der Waals surface area contributed by atoms with E-state index in [2.05, 4.69) is 10.2 Å². The SMILES string of the molecule is Cc1ccc(NC(=O)[C@@H](CN(Cc2ccc3c(c2)OCO3)C[C@H]2CCCO2)Oc2cccc(F)c2)cc1. The molecule has 1 saturated heterocycles. The molecule has 2 heterocycles. The zero-order valence-corrected chi connectivity index (χ0v) is 20.8. The van der Waals surface area contributed by atoms with E-state index in [1.165, 1.54) is 12.1 Å². The molecule has 0 aromatic heterocycles. The number of hydrogen-bond acceptors (Lipinski definition) is 6. The number of amides is 1. The van der Waals surface area contributed by atoms with Crippen LogP contribution in [0.2, 0.25) is 0 Å². The number of hydrogen-bond donors (Lipinski definition) is 1. The summed E-state index contributed by atoms with van der Waals surface area (Å²) >= 11 is 0. The number of nitrogens with zero attached hydrogens (tertiary/aromatic N) is 1. The van der Waals surface area contributed by atoms with Gasteiger partial charge in [-0.25, -0.2) is 4.39 Å². The van der Waals surface area contributed by atoms with Gasteiger partial charge in [0, 0.05) is 38.0 Å². The van der Waals surface area contributed by atoms with Crippen molar-refractivity contribution < 1.29 is 28.1 Å². The summed E-state index contributed by atoms with van der Waals surface area (Å²) < 4.78 is 36.9. The van der Waals surface area contributed by atoms with E-state index in [0.717, 1.165) is 36.3 Å². The molecular formula is C29H31FN2O5. The third-order valence-electron chi connectivity index (χ3n) is 6.44. The molecule has 8 heteroatoms. The number of ether oxygens (including phenoxy) is 4. The summed E-state index contributed by atoms with van der Waals surface area (Å²) in [5.41, 5.74) is 2.78. The van der Waals surface area contributed by atoms with E-state index in [1.54, 1.807) is 12.1 Å². The van der Waals surface area contributed by atoms with Crippen molar-refractivity contribution in [2.75, 3.05) is 31.8 Å². The number of fused-ring (bicyclic) bond motifs is 1. The maximum Gasteiger partial charge on any atom is 0.266 e. The molecule has 1 N–H and O–H groups in total. The number of anilines is 1. The Balaban J connectivity index is 1.37. The van der Waals surface area contributed by atoms with Crippen LogP contribution >= 0.6 is 0 Å². The summed E-state index contributed by atoms with van der Waals surface area (Å²) in [5, 5.41) is 2.95. The molecule has 37 heavy (non-hydrogen) atoms. The van der Waals surface area contributed by atoms with E-state index < -0.39 is 11.9 Å². The molecule has 1 amide bonds. The monoisotopic (exact) mass is 506 g/mol. The van der Waals surface area contributed by atoms with Gasteiger partial charge in [0.1, 0.15) is 11.6 Å². The molecule has 0 spiro atoms. The maximum atomic E-state index is 13.9. The van der Waals surface area contributed by atoms with Crippen molar-refractivity contribution in [3.05, 3.63) is 83.7 Å². The van der Waals surface area contributed by atoms with E-state index in [1.807, 2.05) is 49.4 Å². The fraction of sp³-hybridized carbons (Fsp3) is 0.345. The minimum Gasteiger partial charge on any atom is -0.479 e. The van der Waals surface area contributed by atoms with Gasteiger partial charge in [-0.1, -0.05) is 29.8 Å². The Kier molecular flexibility index (Phi) is 7.87.